The molecule has 19 heavy (non-hydrogen) atoms. The minimum Gasteiger partial charge on any atom is -0.320 e. The first-order valence-corrected chi connectivity index (χ1v) is 7.03. The van der Waals surface area contributed by atoms with Crippen LogP contribution in [-0.2, 0) is 5.54 Å². The van der Waals surface area contributed by atoms with Gasteiger partial charge in [0, 0.05) is 12.1 Å². The van der Waals surface area contributed by atoms with Crippen LogP contribution < -0.4 is 5.73 Å². The molecule has 1 atom stereocenters. The number of hydrogen-bond acceptors (Lipinski definition) is 2. The Morgan fingerprint density at radius 1 is 1.26 bits per heavy atom. The van der Waals surface area contributed by atoms with Crippen molar-refractivity contribution < 1.29 is 4.39 Å². The third-order valence-corrected chi connectivity index (χ3v) is 3.87. The SMILES string of the molecule is C=CCC(N)(CN1CCCCC1)c1ccccc1F. The predicted molar refractivity (Wildman–Crippen MR) is 77.4 cm³/mol. The molecule has 1 fully saturated rings. The van der Waals surface area contributed by atoms with E-state index in [1.165, 1.54) is 25.3 Å². The van der Waals surface area contributed by atoms with E-state index in [9.17, 15) is 4.39 Å². The molecule has 3 heteroatoms. The van der Waals surface area contributed by atoms with E-state index >= 15 is 0 Å². The van der Waals surface area contributed by atoms with Crippen molar-refractivity contribution in [2.75, 3.05) is 19.6 Å². The Labute approximate surface area is 115 Å². The van der Waals surface area contributed by atoms with Crippen LogP contribution in [0.2, 0.25) is 0 Å². The number of rotatable bonds is 5. The summed E-state index contributed by atoms with van der Waals surface area (Å²) in [7, 11) is 0. The van der Waals surface area contributed by atoms with Crippen LogP contribution in [-0.4, -0.2) is 24.5 Å². The summed E-state index contributed by atoms with van der Waals surface area (Å²) in [5.74, 6) is -0.219. The Morgan fingerprint density at radius 2 is 1.95 bits per heavy atom. The van der Waals surface area contributed by atoms with Gasteiger partial charge in [0.25, 0.3) is 0 Å². The van der Waals surface area contributed by atoms with Crippen molar-refractivity contribution in [1.82, 2.24) is 4.90 Å². The fraction of sp³-hybridized carbons (Fsp3) is 0.500. The predicted octanol–water partition coefficient (Wildman–Crippen LogP) is 3.04. The van der Waals surface area contributed by atoms with Gasteiger partial charge < -0.3 is 10.6 Å². The Hall–Kier alpha value is -1.19. The van der Waals surface area contributed by atoms with Gasteiger partial charge in [0.05, 0.1) is 5.54 Å². The van der Waals surface area contributed by atoms with E-state index in [4.69, 9.17) is 5.73 Å². The van der Waals surface area contributed by atoms with E-state index < -0.39 is 5.54 Å². The average molecular weight is 262 g/mol. The van der Waals surface area contributed by atoms with Crippen molar-refractivity contribution in [2.24, 2.45) is 5.73 Å². The van der Waals surface area contributed by atoms with Gasteiger partial charge in [0.1, 0.15) is 5.82 Å². The van der Waals surface area contributed by atoms with E-state index in [1.54, 1.807) is 18.2 Å². The molecule has 2 N–H and O–H groups in total. The van der Waals surface area contributed by atoms with Gasteiger partial charge >= 0.3 is 0 Å². The molecule has 0 saturated carbocycles. The summed E-state index contributed by atoms with van der Waals surface area (Å²) in [6.07, 6.45) is 6.08. The Balaban J connectivity index is 2.21. The third-order valence-electron chi connectivity index (χ3n) is 3.87. The topological polar surface area (TPSA) is 29.3 Å². The molecule has 2 rings (SSSR count). The molecular formula is C16H23FN2. The number of nitrogens with two attached hydrogens (primary N) is 1. The minimum atomic E-state index is -0.676. The highest BCUT2D eigenvalue weighted by molar-refractivity contribution is 5.27. The minimum absolute atomic E-state index is 0.219. The van der Waals surface area contributed by atoms with Crippen LogP contribution in [0.5, 0.6) is 0 Å². The molecule has 1 aliphatic heterocycles. The van der Waals surface area contributed by atoms with Crippen molar-refractivity contribution in [2.45, 2.75) is 31.2 Å². The summed E-state index contributed by atoms with van der Waals surface area (Å²) >= 11 is 0. The molecular weight excluding hydrogens is 239 g/mol. The van der Waals surface area contributed by atoms with Crippen LogP contribution in [0.1, 0.15) is 31.2 Å². The first-order chi connectivity index (χ1) is 9.15. The van der Waals surface area contributed by atoms with Gasteiger partial charge in [-0.2, -0.15) is 0 Å². The Kier molecular flexibility index (Phi) is 4.72. The number of likely N-dealkylation sites (tertiary alicyclic amines) is 1. The quantitative estimate of drug-likeness (QED) is 0.826. The average Bonchev–Trinajstić information content (AvgIpc) is 2.40. The maximum absolute atomic E-state index is 14.0. The van der Waals surface area contributed by atoms with Gasteiger partial charge in [0.15, 0.2) is 0 Å². The van der Waals surface area contributed by atoms with Crippen molar-refractivity contribution in [3.8, 4) is 0 Å². The Morgan fingerprint density at radius 3 is 2.58 bits per heavy atom. The van der Waals surface area contributed by atoms with E-state index in [2.05, 4.69) is 11.5 Å². The Bertz CT molecular complexity index is 427. The first-order valence-electron chi connectivity index (χ1n) is 7.03. The van der Waals surface area contributed by atoms with Gasteiger partial charge in [-0.05, 0) is 38.4 Å². The summed E-state index contributed by atoms with van der Waals surface area (Å²) in [5.41, 5.74) is 6.43. The molecule has 1 saturated heterocycles. The van der Waals surface area contributed by atoms with Gasteiger partial charge in [-0.1, -0.05) is 30.7 Å². The molecule has 0 bridgehead atoms. The lowest BCUT2D eigenvalue weighted by molar-refractivity contribution is 0.175. The van der Waals surface area contributed by atoms with Crippen LogP contribution in [0.4, 0.5) is 4.39 Å². The normalized spacial score (nSPS) is 19.9. The lowest BCUT2D eigenvalue weighted by atomic mass is 9.86. The molecule has 0 radical (unpaired) electrons. The lowest BCUT2D eigenvalue weighted by Crippen LogP contribution is -2.49. The van der Waals surface area contributed by atoms with Gasteiger partial charge in [-0.15, -0.1) is 6.58 Å². The zero-order chi connectivity index (χ0) is 13.7. The smallest absolute Gasteiger partial charge is 0.128 e. The van der Waals surface area contributed by atoms with Crippen molar-refractivity contribution in [3.05, 3.63) is 48.3 Å². The third kappa shape index (κ3) is 3.43. The standard InChI is InChI=1S/C16H23FN2/c1-2-10-16(18,13-19-11-6-3-7-12-19)14-8-4-5-9-15(14)17/h2,4-5,8-9H,1,3,6-7,10-13,18H2. The maximum atomic E-state index is 14.0. The van der Waals surface area contributed by atoms with E-state index in [1.807, 2.05) is 6.07 Å². The summed E-state index contributed by atoms with van der Waals surface area (Å²) in [6, 6.07) is 6.83. The van der Waals surface area contributed by atoms with Crippen LogP contribution in [0.3, 0.4) is 0 Å². The summed E-state index contributed by atoms with van der Waals surface area (Å²) < 4.78 is 14.0. The van der Waals surface area contributed by atoms with Gasteiger partial charge in [-0.25, -0.2) is 4.39 Å². The fourth-order valence-electron chi connectivity index (χ4n) is 2.90. The maximum Gasteiger partial charge on any atom is 0.128 e. The summed E-state index contributed by atoms with van der Waals surface area (Å²) in [5, 5.41) is 0. The number of piperidine rings is 1. The van der Waals surface area contributed by atoms with Crippen LogP contribution in [0, 0.1) is 5.82 Å². The number of halogens is 1. The molecule has 1 aromatic rings. The second-order valence-corrected chi connectivity index (χ2v) is 5.47. The highest BCUT2D eigenvalue weighted by Crippen LogP contribution is 2.27. The molecule has 1 heterocycles. The highest BCUT2D eigenvalue weighted by atomic mass is 19.1. The van der Waals surface area contributed by atoms with Crippen LogP contribution >= 0.6 is 0 Å². The second kappa shape index (κ2) is 6.31. The van der Waals surface area contributed by atoms with Crippen LogP contribution in [0.15, 0.2) is 36.9 Å². The molecule has 104 valence electrons. The van der Waals surface area contributed by atoms with Crippen molar-refractivity contribution in [1.29, 1.82) is 0 Å². The summed E-state index contributed by atoms with van der Waals surface area (Å²) in [4.78, 5) is 2.35. The molecule has 1 aromatic carbocycles. The van der Waals surface area contributed by atoms with E-state index in [0.29, 0.717) is 18.5 Å². The fourth-order valence-corrected chi connectivity index (χ4v) is 2.90. The van der Waals surface area contributed by atoms with Gasteiger partial charge in [-0.3, -0.25) is 0 Å². The molecule has 2 nitrogen and oxygen atoms in total. The molecule has 0 amide bonds. The highest BCUT2D eigenvalue weighted by Gasteiger charge is 2.31. The van der Waals surface area contributed by atoms with Crippen LogP contribution in [0.25, 0.3) is 0 Å². The number of hydrogen-bond donors (Lipinski definition) is 1. The number of benzene rings is 1. The van der Waals surface area contributed by atoms with Gasteiger partial charge in [0.2, 0.25) is 0 Å². The van der Waals surface area contributed by atoms with E-state index in [-0.39, 0.29) is 5.82 Å². The van der Waals surface area contributed by atoms with Crippen molar-refractivity contribution in [3.63, 3.8) is 0 Å². The zero-order valence-corrected chi connectivity index (χ0v) is 11.4. The zero-order valence-electron chi connectivity index (χ0n) is 11.4. The lowest BCUT2D eigenvalue weighted by Gasteiger charge is -2.37. The van der Waals surface area contributed by atoms with E-state index in [0.717, 1.165) is 13.1 Å². The molecule has 0 spiro atoms. The summed E-state index contributed by atoms with van der Waals surface area (Å²) in [6.45, 7) is 6.59. The number of nitrogens with zero attached hydrogens (tertiary/aromatic N) is 1. The monoisotopic (exact) mass is 262 g/mol. The molecule has 0 aliphatic carbocycles. The molecule has 1 unspecified atom stereocenters. The first kappa shape index (κ1) is 14.2. The molecule has 1 aliphatic rings. The second-order valence-electron chi connectivity index (χ2n) is 5.47. The largest absolute Gasteiger partial charge is 0.320 e. The van der Waals surface area contributed by atoms with Crippen molar-refractivity contribution >= 4 is 0 Å². The molecule has 0 aromatic heterocycles.